The van der Waals surface area contributed by atoms with Crippen molar-refractivity contribution in [1.29, 1.82) is 0 Å². The number of carbonyl (C=O) groups excluding carboxylic acids is 2. The molecule has 5 nitrogen and oxygen atoms in total. The SMILES string of the molecule is Cc1cccc(CCC(=O)N[C@@H](C(=O)N2CC[C@](O)(c3ccc(Cl)cc3)C(C)(C)C2)C(C)C)c1. The van der Waals surface area contributed by atoms with E-state index in [0.29, 0.717) is 37.4 Å². The summed E-state index contributed by atoms with van der Waals surface area (Å²) < 4.78 is 0. The molecule has 2 aromatic rings. The lowest BCUT2D eigenvalue weighted by atomic mass is 9.66. The van der Waals surface area contributed by atoms with Gasteiger partial charge in [-0.25, -0.2) is 0 Å². The van der Waals surface area contributed by atoms with Crippen LogP contribution in [0.5, 0.6) is 0 Å². The second-order valence-electron chi connectivity index (χ2n) is 10.5. The Bertz CT molecular complexity index is 1020. The minimum Gasteiger partial charge on any atom is -0.384 e. The van der Waals surface area contributed by atoms with Crippen molar-refractivity contribution in [2.45, 2.75) is 65.5 Å². The number of nitrogens with zero attached hydrogens (tertiary/aromatic N) is 1. The summed E-state index contributed by atoms with van der Waals surface area (Å²) in [5.41, 5.74) is 1.43. The van der Waals surface area contributed by atoms with E-state index in [-0.39, 0.29) is 17.7 Å². The summed E-state index contributed by atoms with van der Waals surface area (Å²) >= 11 is 6.03. The van der Waals surface area contributed by atoms with Crippen molar-refractivity contribution in [2.75, 3.05) is 13.1 Å². The van der Waals surface area contributed by atoms with Gasteiger partial charge in [-0.2, -0.15) is 0 Å². The molecule has 1 saturated heterocycles. The molecule has 0 aliphatic carbocycles. The Labute approximate surface area is 208 Å². The van der Waals surface area contributed by atoms with Crippen molar-refractivity contribution in [1.82, 2.24) is 10.2 Å². The Hall–Kier alpha value is -2.37. The summed E-state index contributed by atoms with van der Waals surface area (Å²) in [5, 5.41) is 15.2. The van der Waals surface area contributed by atoms with Crippen LogP contribution in [0.3, 0.4) is 0 Å². The number of aliphatic hydroxyl groups is 1. The molecule has 2 N–H and O–H groups in total. The monoisotopic (exact) mass is 484 g/mol. The van der Waals surface area contributed by atoms with Crippen LogP contribution in [0.1, 0.15) is 57.2 Å². The zero-order chi connectivity index (χ0) is 25.1. The number of benzene rings is 2. The lowest BCUT2D eigenvalue weighted by Crippen LogP contribution is -2.60. The molecule has 0 unspecified atom stereocenters. The van der Waals surface area contributed by atoms with Crippen molar-refractivity contribution in [3.63, 3.8) is 0 Å². The van der Waals surface area contributed by atoms with E-state index in [1.807, 2.05) is 65.0 Å². The molecule has 2 atom stereocenters. The fourth-order valence-corrected chi connectivity index (χ4v) is 4.98. The molecule has 3 rings (SSSR count). The van der Waals surface area contributed by atoms with Crippen LogP contribution in [0.25, 0.3) is 0 Å². The number of halogens is 1. The third-order valence-electron chi connectivity index (χ3n) is 7.06. The molecule has 6 heteroatoms. The molecular formula is C28H37ClN2O3. The molecule has 0 bridgehead atoms. The Morgan fingerprint density at radius 1 is 1.15 bits per heavy atom. The molecule has 0 saturated carbocycles. The van der Waals surface area contributed by atoms with Crippen LogP contribution in [-0.2, 0) is 21.6 Å². The summed E-state index contributed by atoms with van der Waals surface area (Å²) in [6, 6.07) is 14.8. The second-order valence-corrected chi connectivity index (χ2v) is 11.0. The summed E-state index contributed by atoms with van der Waals surface area (Å²) in [6.45, 7) is 10.7. The Balaban J connectivity index is 1.66. The molecule has 184 valence electrons. The number of likely N-dealkylation sites (tertiary alicyclic amines) is 1. The van der Waals surface area contributed by atoms with E-state index in [2.05, 4.69) is 11.4 Å². The van der Waals surface area contributed by atoms with Crippen molar-refractivity contribution < 1.29 is 14.7 Å². The number of aryl methyl sites for hydroxylation is 2. The second kappa shape index (κ2) is 10.5. The molecule has 2 amide bonds. The van der Waals surface area contributed by atoms with Crippen molar-refractivity contribution in [2.24, 2.45) is 11.3 Å². The van der Waals surface area contributed by atoms with Crippen LogP contribution in [0.4, 0.5) is 0 Å². The third-order valence-corrected chi connectivity index (χ3v) is 7.31. The minimum absolute atomic E-state index is 0.0457. The fourth-order valence-electron chi connectivity index (χ4n) is 4.85. The van der Waals surface area contributed by atoms with Crippen molar-refractivity contribution in [3.05, 3.63) is 70.2 Å². The molecule has 0 aromatic heterocycles. The number of nitrogens with one attached hydrogen (secondary N) is 1. The van der Waals surface area contributed by atoms with Crippen LogP contribution < -0.4 is 5.32 Å². The minimum atomic E-state index is -1.07. The zero-order valence-electron chi connectivity index (χ0n) is 20.9. The number of piperidine rings is 1. The largest absolute Gasteiger partial charge is 0.384 e. The smallest absolute Gasteiger partial charge is 0.245 e. The summed E-state index contributed by atoms with van der Waals surface area (Å²) in [5.74, 6) is -0.261. The van der Waals surface area contributed by atoms with Gasteiger partial charge in [-0.05, 0) is 48.9 Å². The number of hydrogen-bond acceptors (Lipinski definition) is 3. The average Bonchev–Trinajstić information content (AvgIpc) is 2.77. The maximum atomic E-state index is 13.5. The third kappa shape index (κ3) is 5.81. The number of amides is 2. The van der Waals surface area contributed by atoms with Crippen LogP contribution in [-0.4, -0.2) is 41.0 Å². The van der Waals surface area contributed by atoms with Gasteiger partial charge >= 0.3 is 0 Å². The van der Waals surface area contributed by atoms with Crippen LogP contribution >= 0.6 is 11.6 Å². The summed E-state index contributed by atoms with van der Waals surface area (Å²) in [7, 11) is 0. The van der Waals surface area contributed by atoms with Gasteiger partial charge in [0.15, 0.2) is 0 Å². The predicted molar refractivity (Wildman–Crippen MR) is 137 cm³/mol. The van der Waals surface area contributed by atoms with E-state index in [1.54, 1.807) is 17.0 Å². The highest BCUT2D eigenvalue weighted by atomic mass is 35.5. The lowest BCUT2D eigenvalue weighted by Gasteiger charge is -2.51. The summed E-state index contributed by atoms with van der Waals surface area (Å²) in [4.78, 5) is 28.0. The first-order valence-electron chi connectivity index (χ1n) is 12.0. The van der Waals surface area contributed by atoms with E-state index in [1.165, 1.54) is 5.56 Å². The van der Waals surface area contributed by atoms with Crippen molar-refractivity contribution in [3.8, 4) is 0 Å². The maximum absolute atomic E-state index is 13.5. The number of rotatable bonds is 7. The van der Waals surface area contributed by atoms with Gasteiger partial charge in [0, 0.05) is 29.9 Å². The van der Waals surface area contributed by atoms with E-state index < -0.39 is 17.1 Å². The van der Waals surface area contributed by atoms with Gasteiger partial charge in [0.1, 0.15) is 6.04 Å². The number of hydrogen-bond donors (Lipinski definition) is 2. The van der Waals surface area contributed by atoms with E-state index in [4.69, 9.17) is 11.6 Å². The van der Waals surface area contributed by atoms with Crippen LogP contribution in [0.2, 0.25) is 5.02 Å². The summed E-state index contributed by atoms with van der Waals surface area (Å²) in [6.07, 6.45) is 1.39. The zero-order valence-corrected chi connectivity index (χ0v) is 21.7. The molecule has 34 heavy (non-hydrogen) atoms. The van der Waals surface area contributed by atoms with Crippen LogP contribution in [0.15, 0.2) is 48.5 Å². The average molecular weight is 485 g/mol. The quantitative estimate of drug-likeness (QED) is 0.589. The lowest BCUT2D eigenvalue weighted by molar-refractivity contribution is -0.156. The Kier molecular flexibility index (Phi) is 8.10. The molecule has 2 aromatic carbocycles. The standard InChI is InChI=1S/C28H37ClN2O3/c1-19(2)25(30-24(32)14-9-21-8-6-7-20(3)17-21)26(33)31-16-15-28(34,27(4,5)18-31)22-10-12-23(29)13-11-22/h6-8,10-13,17,19,25,34H,9,14-16,18H2,1-5H3,(H,30,32)/t25-,28+/m1/s1. The van der Waals surface area contributed by atoms with Gasteiger partial charge in [-0.15, -0.1) is 0 Å². The Morgan fingerprint density at radius 3 is 2.41 bits per heavy atom. The van der Waals surface area contributed by atoms with E-state index in [0.717, 1.165) is 11.1 Å². The number of carbonyl (C=O) groups is 2. The van der Waals surface area contributed by atoms with Gasteiger partial charge in [0.2, 0.25) is 11.8 Å². The van der Waals surface area contributed by atoms with Crippen LogP contribution in [0, 0.1) is 18.3 Å². The first kappa shape index (κ1) is 26.2. The Morgan fingerprint density at radius 2 is 1.82 bits per heavy atom. The van der Waals surface area contributed by atoms with Gasteiger partial charge in [0.05, 0.1) is 5.60 Å². The highest BCUT2D eigenvalue weighted by Gasteiger charge is 2.50. The molecule has 0 radical (unpaired) electrons. The molecular weight excluding hydrogens is 448 g/mol. The topological polar surface area (TPSA) is 69.6 Å². The molecule has 1 aliphatic rings. The highest BCUT2D eigenvalue weighted by Crippen LogP contribution is 2.46. The highest BCUT2D eigenvalue weighted by molar-refractivity contribution is 6.30. The fraction of sp³-hybridized carbons (Fsp3) is 0.500. The van der Waals surface area contributed by atoms with E-state index >= 15 is 0 Å². The van der Waals surface area contributed by atoms with E-state index in [9.17, 15) is 14.7 Å². The molecule has 1 fully saturated rings. The first-order valence-corrected chi connectivity index (χ1v) is 12.4. The first-order chi connectivity index (χ1) is 15.9. The van der Waals surface area contributed by atoms with Crippen molar-refractivity contribution >= 4 is 23.4 Å². The molecule has 0 spiro atoms. The normalized spacial score (nSPS) is 20.8. The molecule has 1 heterocycles. The van der Waals surface area contributed by atoms with Gasteiger partial charge < -0.3 is 15.3 Å². The van der Waals surface area contributed by atoms with Gasteiger partial charge in [-0.1, -0.05) is 81.3 Å². The van der Waals surface area contributed by atoms with Gasteiger partial charge in [0.25, 0.3) is 0 Å². The van der Waals surface area contributed by atoms with Gasteiger partial charge in [-0.3, -0.25) is 9.59 Å². The molecule has 1 aliphatic heterocycles. The predicted octanol–water partition coefficient (Wildman–Crippen LogP) is 4.87. The maximum Gasteiger partial charge on any atom is 0.245 e.